The minimum Gasteiger partial charge on any atom is -0.507 e. The van der Waals surface area contributed by atoms with Crippen LogP contribution in [-0.2, 0) is 23.8 Å². The number of phenols is 3. The van der Waals surface area contributed by atoms with Crippen molar-refractivity contribution in [1.29, 1.82) is 0 Å². The topological polar surface area (TPSA) is 245 Å². The van der Waals surface area contributed by atoms with Gasteiger partial charge >= 0.3 is 11.8 Å². The summed E-state index contributed by atoms with van der Waals surface area (Å²) in [6, 6.07) is 1.98. The van der Waals surface area contributed by atoms with Gasteiger partial charge in [0.25, 0.3) is 17.2 Å². The number of anilines is 2. The van der Waals surface area contributed by atoms with Crippen molar-refractivity contribution in [2.24, 2.45) is 34.7 Å². The second-order valence-corrected chi connectivity index (χ2v) is 23.2. The Balaban J connectivity index is 1.00. The maximum atomic E-state index is 16.0. The number of nitrogens with one attached hydrogen (secondary N) is 1. The zero-order valence-electron chi connectivity index (χ0n) is 48.1. The van der Waals surface area contributed by atoms with Gasteiger partial charge < -0.3 is 54.7 Å². The number of pyridine rings is 2. The zero-order valence-corrected chi connectivity index (χ0v) is 48.1. The number of allylic oxidation sites excluding steroid dienone is 2. The first-order valence-electron chi connectivity index (χ1n) is 28.1. The molecule has 0 radical (unpaired) electrons. The van der Waals surface area contributed by atoms with Crippen LogP contribution in [0.25, 0.3) is 16.3 Å². The van der Waals surface area contributed by atoms with Gasteiger partial charge in [-0.3, -0.25) is 33.5 Å². The fourth-order valence-electron chi connectivity index (χ4n) is 12.5. The summed E-state index contributed by atoms with van der Waals surface area (Å²) in [5, 5.41) is 68.3. The zero-order chi connectivity index (χ0) is 58.7. The molecule has 20 heteroatoms. The number of aromatic nitrogens is 1. The number of aromatic hydroxyl groups is 3. The summed E-state index contributed by atoms with van der Waals surface area (Å²) < 4.78 is 41.4. The highest BCUT2D eigenvalue weighted by Crippen LogP contribution is 2.55. The van der Waals surface area contributed by atoms with Crippen LogP contribution in [0.4, 0.5) is 15.8 Å². The van der Waals surface area contributed by atoms with E-state index in [4.69, 9.17) is 24.0 Å². The highest BCUT2D eigenvalue weighted by molar-refractivity contribution is 6.24. The molecule has 1 saturated carbocycles. The predicted molar refractivity (Wildman–Crippen MR) is 305 cm³/mol. The molecule has 5 aliphatic heterocycles. The van der Waals surface area contributed by atoms with E-state index in [9.17, 15) is 44.7 Å². The Kier molecular flexibility index (Phi) is 16.7. The third-order valence-electron chi connectivity index (χ3n) is 17.5. The Bertz CT molecular complexity index is 3340. The highest BCUT2D eigenvalue weighted by atomic mass is 19.1. The van der Waals surface area contributed by atoms with Crippen LogP contribution in [0.15, 0.2) is 58.3 Å². The smallest absolute Gasteiger partial charge is 0.312 e. The predicted octanol–water partition coefficient (Wildman–Crippen LogP) is 7.48. The molecule has 81 heavy (non-hydrogen) atoms. The number of aliphatic hydroxyl groups is 2. The highest BCUT2D eigenvalue weighted by Gasteiger charge is 2.50. The molecule has 10 rings (SSSR count). The van der Waals surface area contributed by atoms with Gasteiger partial charge in [-0.2, -0.15) is 5.10 Å². The van der Waals surface area contributed by atoms with Crippen LogP contribution in [0.3, 0.4) is 0 Å². The number of carbonyl (C=O) groups is 3. The van der Waals surface area contributed by atoms with Gasteiger partial charge in [-0.25, -0.2) is 4.39 Å². The molecule has 6 N–H and O–H groups in total. The first-order chi connectivity index (χ1) is 38.4. The number of carbonyl (C=O) groups excluding carboxylic acids is 3. The molecule has 1 amide bonds. The fourth-order valence-corrected chi connectivity index (χ4v) is 12.5. The van der Waals surface area contributed by atoms with Crippen molar-refractivity contribution in [1.82, 2.24) is 14.3 Å². The van der Waals surface area contributed by atoms with Crippen molar-refractivity contribution in [3.63, 3.8) is 0 Å². The summed E-state index contributed by atoms with van der Waals surface area (Å²) in [6.45, 7) is 20.4. The number of benzene rings is 2. The van der Waals surface area contributed by atoms with Crippen molar-refractivity contribution < 1.29 is 63.3 Å². The molecule has 0 spiro atoms. The van der Waals surface area contributed by atoms with Crippen LogP contribution >= 0.6 is 0 Å². The van der Waals surface area contributed by atoms with Crippen LogP contribution in [0.2, 0.25) is 0 Å². The van der Waals surface area contributed by atoms with Gasteiger partial charge in [0, 0.05) is 113 Å². The van der Waals surface area contributed by atoms with Gasteiger partial charge in [0.2, 0.25) is 0 Å². The molecular formula is C61H77FN6O13. The van der Waals surface area contributed by atoms with Crippen LogP contribution in [0.5, 0.6) is 23.0 Å². The van der Waals surface area contributed by atoms with Gasteiger partial charge in [0.1, 0.15) is 23.4 Å². The summed E-state index contributed by atoms with van der Waals surface area (Å²) in [7, 11) is 1.43. The number of aliphatic hydroxyl groups excluding tert-OH is 2. The van der Waals surface area contributed by atoms with Crippen LogP contribution in [-0.4, -0.2) is 147 Å². The monoisotopic (exact) mass is 1120 g/mol. The molecule has 7 heterocycles. The van der Waals surface area contributed by atoms with Gasteiger partial charge in [-0.1, -0.05) is 45.9 Å². The van der Waals surface area contributed by atoms with Gasteiger partial charge in [-0.15, -0.1) is 0 Å². The maximum absolute atomic E-state index is 16.0. The Morgan fingerprint density at radius 3 is 2.27 bits per heavy atom. The lowest BCUT2D eigenvalue weighted by molar-refractivity contribution is -0.160. The van der Waals surface area contributed by atoms with Crippen molar-refractivity contribution in [3.8, 4) is 23.0 Å². The standard InChI is InChI=1S/C61H77FN6O13/c1-30-13-12-14-31(2)59(76)64-48-42(26-63-67-22-20-65(21-23-67)27-39-17-19-66(28-39)50-34(5)49-41(40-15-16-40)25-32(3)60(77)68(49)29-43(50)62)54(73)45-46(55(48)74)53(72)37(8)57-47(45)58(75)61(10,81-57)79-24-18-44(78-11)33(4)56(80-38(9)69)36(7)52(71)35(6)51(30)70/h12-14,18,24-26,29-30,33,35-36,39-40,44,51-52,56,70-74H,15-17,19-23,27-28H2,1-11H3,(H,64,76)/b13-12+,24-18+,31-14-,63-26+/t30-,33+,35+,36+,39?,44-,51-,52+,56+,61-/m0/s1. The minimum absolute atomic E-state index is 0.0302. The normalized spacial score (nSPS) is 29.5. The van der Waals surface area contributed by atoms with E-state index in [1.165, 1.54) is 70.0 Å². The summed E-state index contributed by atoms with van der Waals surface area (Å²) >= 11 is 0. The second kappa shape index (κ2) is 23.1. The number of piperazine rings is 1. The Morgan fingerprint density at radius 1 is 0.901 bits per heavy atom. The lowest BCUT2D eigenvalue weighted by Gasteiger charge is -2.38. The number of ether oxygens (including phenoxy) is 4. The van der Waals surface area contributed by atoms with Crippen LogP contribution in [0.1, 0.15) is 112 Å². The Morgan fingerprint density at radius 2 is 1.60 bits per heavy atom. The molecule has 3 fully saturated rings. The number of hydrogen-bond donors (Lipinski definition) is 6. The lowest BCUT2D eigenvalue weighted by Crippen LogP contribution is -2.46. The molecule has 2 aromatic carbocycles. The van der Waals surface area contributed by atoms with E-state index >= 15 is 4.39 Å². The SMILES string of the molecule is CO[C@H]1/C=C/O[C@@]2(C)Oc3c(C)c(O)c4c(O)c(c(/C=N/N5CCN(CC6CCN(c7c(F)cn8c(=O)c(C)cc(C9CC9)c8c7C)C6)CC5)c(O)c4c3C2=O)NC(=O)/C(C)=C\C=C\[C@H](C)[C@H](O)[C@@H](C)[C@@H](O)[C@@H](C)[C@H](OC(C)=O)[C@@H]1C. The summed E-state index contributed by atoms with van der Waals surface area (Å²) in [5.41, 5.74) is 3.14. The quantitative estimate of drug-likeness (QED) is 0.0433. The number of nitrogens with zero attached hydrogens (tertiary/aromatic N) is 5. The lowest BCUT2D eigenvalue weighted by atomic mass is 9.78. The molecule has 5 bridgehead atoms. The number of methoxy groups -OCH3 is 1. The Labute approximate surface area is 470 Å². The average Bonchev–Trinajstić information content (AvgIpc) is 4.34. The van der Waals surface area contributed by atoms with Crippen molar-refractivity contribution in [2.45, 2.75) is 125 Å². The molecule has 6 aliphatic rings. The molecule has 10 atom stereocenters. The van der Waals surface area contributed by atoms with E-state index in [0.717, 1.165) is 42.5 Å². The molecule has 4 aromatic rings. The van der Waals surface area contributed by atoms with E-state index in [0.29, 0.717) is 56.4 Å². The Hall–Kier alpha value is -7.00. The number of esters is 1. The van der Waals surface area contributed by atoms with E-state index in [1.807, 2.05) is 13.0 Å². The van der Waals surface area contributed by atoms with E-state index in [2.05, 4.69) is 15.1 Å². The largest absolute Gasteiger partial charge is 0.507 e. The molecule has 1 aliphatic carbocycles. The first kappa shape index (κ1) is 58.6. The molecule has 436 valence electrons. The van der Waals surface area contributed by atoms with Gasteiger partial charge in [-0.05, 0) is 82.1 Å². The van der Waals surface area contributed by atoms with Crippen molar-refractivity contribution in [3.05, 3.63) is 98.0 Å². The third kappa shape index (κ3) is 11.1. The van der Waals surface area contributed by atoms with Crippen molar-refractivity contribution >= 4 is 51.5 Å². The molecule has 1 unspecified atom stereocenters. The summed E-state index contributed by atoms with van der Waals surface area (Å²) in [5.74, 6) is -8.51. The summed E-state index contributed by atoms with van der Waals surface area (Å²) in [4.78, 5) is 58.9. The maximum Gasteiger partial charge on any atom is 0.312 e. The number of fused-ring (bicyclic) bond motifs is 15. The van der Waals surface area contributed by atoms with Gasteiger partial charge in [0.05, 0.1) is 70.4 Å². The molecular weight excluding hydrogens is 1040 g/mol. The van der Waals surface area contributed by atoms with E-state index in [1.54, 1.807) is 51.8 Å². The van der Waals surface area contributed by atoms with E-state index in [-0.39, 0.29) is 55.9 Å². The second-order valence-electron chi connectivity index (χ2n) is 23.2. The number of Topliss-reactive ketones (excluding diaryl/α,β-unsaturated/α-hetero) is 1. The minimum atomic E-state index is -2.10. The number of ketones is 1. The van der Waals surface area contributed by atoms with Crippen LogP contribution in [0, 0.1) is 56.2 Å². The summed E-state index contributed by atoms with van der Waals surface area (Å²) in [6.07, 6.45) is 9.04. The van der Waals surface area contributed by atoms with Gasteiger partial charge in [0.15, 0.2) is 11.6 Å². The van der Waals surface area contributed by atoms with E-state index < -0.39 is 94.6 Å². The fraction of sp³-hybridized carbons (Fsp3) is 0.525. The van der Waals surface area contributed by atoms with Crippen molar-refractivity contribution in [2.75, 3.05) is 63.1 Å². The molecule has 2 aromatic heterocycles. The average molecular weight is 1120 g/mol. The number of hydrazone groups is 1. The molecule has 19 nitrogen and oxygen atoms in total. The first-order valence-corrected chi connectivity index (χ1v) is 28.1. The van der Waals surface area contributed by atoms with Crippen LogP contribution < -0.4 is 20.5 Å². The number of rotatable bonds is 8. The number of halogens is 1. The number of hydrogen-bond acceptors (Lipinski definition) is 17. The third-order valence-corrected chi connectivity index (χ3v) is 17.5. The number of aryl methyl sites for hydroxylation is 2. The number of amides is 1. The number of phenolic OH excluding ortho intramolecular Hbond substituents is 3. The molecule has 2 saturated heterocycles.